The summed E-state index contributed by atoms with van der Waals surface area (Å²) in [5.74, 6) is 2.12. The maximum absolute atomic E-state index is 12.4. The van der Waals surface area contributed by atoms with E-state index < -0.39 is 0 Å². The first-order valence-electron chi connectivity index (χ1n) is 8.96. The molecule has 0 aliphatic rings. The predicted molar refractivity (Wildman–Crippen MR) is 112 cm³/mol. The highest BCUT2D eigenvalue weighted by atomic mass is 79.9. The van der Waals surface area contributed by atoms with Gasteiger partial charge in [-0.05, 0) is 42.5 Å². The molecule has 0 aliphatic heterocycles. The summed E-state index contributed by atoms with van der Waals surface area (Å²) < 4.78 is 3.11. The van der Waals surface area contributed by atoms with Crippen LogP contribution in [0.15, 0.2) is 27.8 Å². The van der Waals surface area contributed by atoms with Crippen LogP contribution in [-0.2, 0) is 17.8 Å². The van der Waals surface area contributed by atoms with Crippen LogP contribution in [0, 0.1) is 5.92 Å². The number of nitrogens with one attached hydrogen (secondary N) is 1. The second-order valence-corrected chi connectivity index (χ2v) is 8.82. The summed E-state index contributed by atoms with van der Waals surface area (Å²) in [6, 6.07) is 5.94. The van der Waals surface area contributed by atoms with E-state index in [1.807, 2.05) is 12.1 Å². The topological polar surface area (TPSA) is 59.8 Å². The molecule has 1 N–H and O–H groups in total. The third-order valence-corrected chi connectivity index (χ3v) is 5.40. The van der Waals surface area contributed by atoms with Crippen molar-refractivity contribution >= 4 is 39.3 Å². The first kappa shape index (κ1) is 21.0. The molecule has 7 heteroatoms. The van der Waals surface area contributed by atoms with E-state index in [1.165, 1.54) is 11.8 Å². The summed E-state index contributed by atoms with van der Waals surface area (Å²) >= 11 is 4.92. The molecule has 5 nitrogen and oxygen atoms in total. The van der Waals surface area contributed by atoms with Crippen molar-refractivity contribution in [3.63, 3.8) is 0 Å². The Morgan fingerprint density at radius 3 is 2.62 bits per heavy atom. The van der Waals surface area contributed by atoms with E-state index >= 15 is 0 Å². The fraction of sp³-hybridized carbons (Fsp3) is 0.526. The van der Waals surface area contributed by atoms with Gasteiger partial charge in [0.25, 0.3) is 0 Å². The minimum absolute atomic E-state index is 0.0321. The van der Waals surface area contributed by atoms with Crippen LogP contribution in [0.25, 0.3) is 0 Å². The molecular formula is C19H27BrN4OS. The molecule has 2 rings (SSSR count). The van der Waals surface area contributed by atoms with E-state index in [4.69, 9.17) is 0 Å². The maximum Gasteiger partial charge on any atom is 0.234 e. The molecule has 0 saturated heterocycles. The van der Waals surface area contributed by atoms with Crippen molar-refractivity contribution in [2.45, 2.75) is 58.7 Å². The van der Waals surface area contributed by atoms with Gasteiger partial charge < -0.3 is 9.88 Å². The fourth-order valence-electron chi connectivity index (χ4n) is 2.70. The van der Waals surface area contributed by atoms with Gasteiger partial charge >= 0.3 is 0 Å². The lowest BCUT2D eigenvalue weighted by molar-refractivity contribution is -0.113. The van der Waals surface area contributed by atoms with Gasteiger partial charge in [-0.2, -0.15) is 0 Å². The number of hydrogen-bond acceptors (Lipinski definition) is 4. The Balaban J connectivity index is 2.03. The van der Waals surface area contributed by atoms with Crippen molar-refractivity contribution in [1.29, 1.82) is 0 Å². The summed E-state index contributed by atoms with van der Waals surface area (Å²) in [6.45, 7) is 11.5. The highest BCUT2D eigenvalue weighted by Gasteiger charge is 2.15. The number of benzene rings is 1. The average Bonchev–Trinajstić information content (AvgIpc) is 2.95. The van der Waals surface area contributed by atoms with Gasteiger partial charge in [-0.15, -0.1) is 10.2 Å². The monoisotopic (exact) mass is 438 g/mol. The molecule has 0 spiro atoms. The Morgan fingerprint density at radius 2 is 2.00 bits per heavy atom. The van der Waals surface area contributed by atoms with Crippen LogP contribution in [0.2, 0.25) is 0 Å². The summed E-state index contributed by atoms with van der Waals surface area (Å²) in [5, 5.41) is 12.4. The third kappa shape index (κ3) is 5.58. The summed E-state index contributed by atoms with van der Waals surface area (Å²) in [4.78, 5) is 12.4. The number of aromatic nitrogens is 3. The minimum Gasteiger partial charge on any atom is -0.325 e. The van der Waals surface area contributed by atoms with Crippen molar-refractivity contribution in [2.24, 2.45) is 5.92 Å². The number of hydrogen-bond donors (Lipinski definition) is 1. The number of halogens is 1. The molecular weight excluding hydrogens is 412 g/mol. The van der Waals surface area contributed by atoms with Crippen LogP contribution in [0.1, 0.15) is 51.9 Å². The Hall–Kier alpha value is -1.34. The largest absolute Gasteiger partial charge is 0.325 e. The molecule has 1 aromatic heterocycles. The van der Waals surface area contributed by atoms with Gasteiger partial charge in [-0.3, -0.25) is 4.79 Å². The second kappa shape index (κ2) is 9.55. The average molecular weight is 439 g/mol. The number of nitrogens with zero attached hydrogens (tertiary/aromatic N) is 3. The Bertz CT molecular complexity index is 758. The lowest BCUT2D eigenvalue weighted by Crippen LogP contribution is -2.16. The van der Waals surface area contributed by atoms with Crippen LogP contribution in [-0.4, -0.2) is 26.4 Å². The minimum atomic E-state index is -0.0321. The van der Waals surface area contributed by atoms with Gasteiger partial charge in [0, 0.05) is 23.1 Å². The Morgan fingerprint density at radius 1 is 1.27 bits per heavy atom. The number of amides is 1. The molecule has 0 atom stereocenters. The summed E-state index contributed by atoms with van der Waals surface area (Å²) in [7, 11) is 0. The Kier molecular flexibility index (Phi) is 7.70. The molecule has 1 amide bonds. The highest BCUT2D eigenvalue weighted by molar-refractivity contribution is 9.10. The molecule has 0 fully saturated rings. The Labute approximate surface area is 168 Å². The number of rotatable bonds is 8. The molecule has 142 valence electrons. The van der Waals surface area contributed by atoms with Gasteiger partial charge in [0.15, 0.2) is 5.16 Å². The number of anilines is 1. The lowest BCUT2D eigenvalue weighted by Gasteiger charge is -2.14. The molecule has 2 aromatic rings. The molecule has 0 bridgehead atoms. The van der Waals surface area contributed by atoms with Gasteiger partial charge in [0.1, 0.15) is 5.82 Å². The van der Waals surface area contributed by atoms with E-state index in [-0.39, 0.29) is 5.91 Å². The number of carbonyl (C=O) groups excluding carboxylic acids is 1. The van der Waals surface area contributed by atoms with Crippen molar-refractivity contribution in [3.05, 3.63) is 34.1 Å². The summed E-state index contributed by atoms with van der Waals surface area (Å²) in [6.07, 6.45) is 0.893. The van der Waals surface area contributed by atoms with Crippen LogP contribution in [0.4, 0.5) is 5.69 Å². The zero-order valence-corrected chi connectivity index (χ0v) is 18.4. The zero-order valence-electron chi connectivity index (χ0n) is 16.0. The van der Waals surface area contributed by atoms with Gasteiger partial charge in [0.05, 0.1) is 5.75 Å². The van der Waals surface area contributed by atoms with Crippen LogP contribution < -0.4 is 5.32 Å². The first-order valence-corrected chi connectivity index (χ1v) is 10.7. The van der Waals surface area contributed by atoms with Crippen molar-refractivity contribution in [3.8, 4) is 0 Å². The van der Waals surface area contributed by atoms with E-state index in [0.29, 0.717) is 17.6 Å². The molecule has 26 heavy (non-hydrogen) atoms. The molecule has 1 aromatic carbocycles. The number of carbonyl (C=O) groups is 1. The van der Waals surface area contributed by atoms with E-state index in [2.05, 4.69) is 76.7 Å². The molecule has 0 unspecified atom stereocenters. The van der Waals surface area contributed by atoms with Crippen LogP contribution in [0.3, 0.4) is 0 Å². The van der Waals surface area contributed by atoms with Gasteiger partial charge in [-0.25, -0.2) is 0 Å². The van der Waals surface area contributed by atoms with E-state index in [0.717, 1.165) is 39.7 Å². The van der Waals surface area contributed by atoms with Crippen molar-refractivity contribution in [1.82, 2.24) is 14.8 Å². The molecule has 0 aliphatic carbocycles. The zero-order chi connectivity index (χ0) is 19.3. The van der Waals surface area contributed by atoms with Crippen LogP contribution in [0.5, 0.6) is 0 Å². The smallest absolute Gasteiger partial charge is 0.234 e. The SMILES string of the molecule is CCn1c(CC(C)C)nnc1SCC(=O)Nc1ccc(Br)cc1C(C)C. The van der Waals surface area contributed by atoms with E-state index in [9.17, 15) is 4.79 Å². The predicted octanol–water partition coefficient (Wildman–Crippen LogP) is 5.11. The second-order valence-electron chi connectivity index (χ2n) is 6.96. The third-order valence-electron chi connectivity index (χ3n) is 3.94. The van der Waals surface area contributed by atoms with Crippen molar-refractivity contribution < 1.29 is 4.79 Å². The lowest BCUT2D eigenvalue weighted by atomic mass is 10.0. The molecule has 0 saturated carbocycles. The fourth-order valence-corrected chi connectivity index (χ4v) is 3.90. The van der Waals surface area contributed by atoms with Gasteiger partial charge in [0.2, 0.25) is 5.91 Å². The highest BCUT2D eigenvalue weighted by Crippen LogP contribution is 2.28. The molecule has 0 radical (unpaired) electrons. The quantitative estimate of drug-likeness (QED) is 0.581. The first-order chi connectivity index (χ1) is 12.3. The summed E-state index contributed by atoms with van der Waals surface area (Å²) in [5.41, 5.74) is 1.99. The number of thioether (sulfide) groups is 1. The molecule has 1 heterocycles. The van der Waals surface area contributed by atoms with E-state index in [1.54, 1.807) is 0 Å². The maximum atomic E-state index is 12.4. The standard InChI is InChI=1S/C19H27BrN4OS/c1-6-24-17(9-12(2)3)22-23-19(24)26-11-18(25)21-16-8-7-14(20)10-15(16)13(4)5/h7-8,10,12-13H,6,9,11H2,1-5H3,(H,21,25). The van der Waals surface area contributed by atoms with Crippen molar-refractivity contribution in [2.75, 3.05) is 11.1 Å². The van der Waals surface area contributed by atoms with Gasteiger partial charge in [-0.1, -0.05) is 55.4 Å². The van der Waals surface area contributed by atoms with Crippen LogP contribution >= 0.6 is 27.7 Å². The normalized spacial score (nSPS) is 11.4.